The molecule has 1 atom stereocenters. The van der Waals surface area contributed by atoms with Crippen molar-refractivity contribution in [1.29, 1.82) is 0 Å². The van der Waals surface area contributed by atoms with Gasteiger partial charge in [-0.05, 0) is 31.0 Å². The van der Waals surface area contributed by atoms with E-state index in [1.165, 1.54) is 18.2 Å². The summed E-state index contributed by atoms with van der Waals surface area (Å²) in [7, 11) is 0. The molecule has 0 heterocycles. The largest absolute Gasteiger partial charge is 0.368 e. The second kappa shape index (κ2) is 6.54. The quantitative estimate of drug-likeness (QED) is 0.748. The molecular weight excluding hydrogens is 235 g/mol. The van der Waals surface area contributed by atoms with Gasteiger partial charge in [-0.3, -0.25) is 9.59 Å². The van der Waals surface area contributed by atoms with E-state index in [0.717, 1.165) is 6.07 Å². The van der Waals surface area contributed by atoms with Gasteiger partial charge in [0.2, 0.25) is 5.91 Å². The molecule has 0 aliphatic carbocycles. The Morgan fingerprint density at radius 1 is 1.50 bits per heavy atom. The lowest BCUT2D eigenvalue weighted by Crippen LogP contribution is -2.44. The average Bonchev–Trinajstić information content (AvgIpc) is 2.33. The molecule has 3 N–H and O–H groups in total. The van der Waals surface area contributed by atoms with Crippen molar-refractivity contribution in [3.05, 3.63) is 48.3 Å². The zero-order valence-electron chi connectivity index (χ0n) is 9.86. The second-order valence-corrected chi connectivity index (χ2v) is 3.80. The normalized spacial score (nSPS) is 11.6. The van der Waals surface area contributed by atoms with Gasteiger partial charge in [0.1, 0.15) is 11.9 Å². The highest BCUT2D eigenvalue weighted by atomic mass is 19.1. The van der Waals surface area contributed by atoms with E-state index in [1.54, 1.807) is 6.08 Å². The summed E-state index contributed by atoms with van der Waals surface area (Å²) in [5, 5.41) is 2.47. The summed E-state index contributed by atoms with van der Waals surface area (Å²) in [4.78, 5) is 22.9. The van der Waals surface area contributed by atoms with E-state index < -0.39 is 23.7 Å². The summed E-state index contributed by atoms with van der Waals surface area (Å²) in [6, 6.07) is 4.44. The van der Waals surface area contributed by atoms with Gasteiger partial charge >= 0.3 is 0 Å². The van der Waals surface area contributed by atoms with E-state index in [1.807, 2.05) is 0 Å². The number of allylic oxidation sites excluding steroid dienone is 1. The Balaban J connectivity index is 2.72. The highest BCUT2D eigenvalue weighted by Crippen LogP contribution is 2.05. The Labute approximate surface area is 105 Å². The van der Waals surface area contributed by atoms with Crippen LogP contribution < -0.4 is 11.1 Å². The Bertz CT molecular complexity index is 460. The van der Waals surface area contributed by atoms with Gasteiger partial charge in [-0.25, -0.2) is 4.39 Å². The summed E-state index contributed by atoms with van der Waals surface area (Å²) in [6.07, 6.45) is 2.56. The van der Waals surface area contributed by atoms with Crippen molar-refractivity contribution in [1.82, 2.24) is 5.32 Å². The molecule has 0 spiro atoms. The number of carbonyl (C=O) groups is 2. The lowest BCUT2D eigenvalue weighted by atomic mass is 10.1. The lowest BCUT2D eigenvalue weighted by molar-refractivity contribution is -0.119. The van der Waals surface area contributed by atoms with Crippen molar-refractivity contribution in [2.75, 3.05) is 0 Å². The Morgan fingerprint density at radius 2 is 2.22 bits per heavy atom. The number of nitrogens with two attached hydrogens (primary N) is 1. The second-order valence-electron chi connectivity index (χ2n) is 3.80. The summed E-state index contributed by atoms with van der Waals surface area (Å²) < 4.78 is 12.9. The van der Waals surface area contributed by atoms with Gasteiger partial charge in [0.15, 0.2) is 0 Å². The van der Waals surface area contributed by atoms with E-state index in [0.29, 0.717) is 12.8 Å². The molecule has 96 valence electrons. The van der Waals surface area contributed by atoms with Crippen molar-refractivity contribution >= 4 is 11.8 Å². The van der Waals surface area contributed by atoms with Gasteiger partial charge in [0, 0.05) is 5.56 Å². The van der Waals surface area contributed by atoms with E-state index >= 15 is 0 Å². The molecule has 0 saturated carbocycles. The number of rotatable bonds is 6. The zero-order valence-corrected chi connectivity index (χ0v) is 9.86. The maximum atomic E-state index is 12.9. The maximum absolute atomic E-state index is 12.9. The van der Waals surface area contributed by atoms with Crippen LogP contribution in [0, 0.1) is 5.82 Å². The van der Waals surface area contributed by atoms with Crippen LogP contribution in [0.25, 0.3) is 0 Å². The molecule has 0 unspecified atom stereocenters. The van der Waals surface area contributed by atoms with Crippen LogP contribution in [0.1, 0.15) is 23.2 Å². The number of benzene rings is 1. The van der Waals surface area contributed by atoms with Crippen molar-refractivity contribution in [3.8, 4) is 0 Å². The third-order valence-electron chi connectivity index (χ3n) is 2.40. The van der Waals surface area contributed by atoms with Gasteiger partial charge in [-0.2, -0.15) is 0 Å². The fraction of sp³-hybridized carbons (Fsp3) is 0.231. The van der Waals surface area contributed by atoms with E-state index in [2.05, 4.69) is 11.9 Å². The number of amides is 2. The standard InChI is InChI=1S/C13H15FN2O2/c1-2-3-7-11(12(15)17)16-13(18)9-5-4-6-10(14)8-9/h2,4-6,8,11H,1,3,7H2,(H2,15,17)(H,16,18)/t11-/m1/s1. The summed E-state index contributed by atoms with van der Waals surface area (Å²) in [5.41, 5.74) is 5.32. The van der Waals surface area contributed by atoms with Crippen molar-refractivity contribution in [2.45, 2.75) is 18.9 Å². The van der Waals surface area contributed by atoms with Crippen molar-refractivity contribution in [3.63, 3.8) is 0 Å². The first-order valence-corrected chi connectivity index (χ1v) is 5.51. The van der Waals surface area contributed by atoms with Crippen LogP contribution in [-0.2, 0) is 4.79 Å². The smallest absolute Gasteiger partial charge is 0.252 e. The molecule has 0 aromatic heterocycles. The maximum Gasteiger partial charge on any atom is 0.252 e. The SMILES string of the molecule is C=CCC[C@@H](NC(=O)c1cccc(F)c1)C(N)=O. The topological polar surface area (TPSA) is 72.2 Å². The van der Waals surface area contributed by atoms with Gasteiger partial charge in [0.25, 0.3) is 5.91 Å². The number of hydrogen-bond donors (Lipinski definition) is 2. The van der Waals surface area contributed by atoms with Crippen LogP contribution in [0.4, 0.5) is 4.39 Å². The van der Waals surface area contributed by atoms with E-state index in [9.17, 15) is 14.0 Å². The molecule has 0 aliphatic rings. The Kier molecular flexibility index (Phi) is 5.05. The Hall–Kier alpha value is -2.17. The minimum atomic E-state index is -0.779. The summed E-state index contributed by atoms with van der Waals surface area (Å²) >= 11 is 0. The first-order chi connectivity index (χ1) is 8.54. The highest BCUT2D eigenvalue weighted by molar-refractivity contribution is 5.97. The number of primary amides is 1. The first-order valence-electron chi connectivity index (χ1n) is 5.51. The van der Waals surface area contributed by atoms with Crippen LogP contribution in [0.3, 0.4) is 0 Å². The number of carbonyl (C=O) groups excluding carboxylic acids is 2. The highest BCUT2D eigenvalue weighted by Gasteiger charge is 2.18. The van der Waals surface area contributed by atoms with Crippen LogP contribution in [0.5, 0.6) is 0 Å². The van der Waals surface area contributed by atoms with Crippen LogP contribution in [-0.4, -0.2) is 17.9 Å². The van der Waals surface area contributed by atoms with Crippen molar-refractivity contribution < 1.29 is 14.0 Å². The molecule has 1 rings (SSSR count). The van der Waals surface area contributed by atoms with Gasteiger partial charge in [-0.1, -0.05) is 12.1 Å². The predicted octanol–water partition coefficient (Wildman–Crippen LogP) is 1.38. The van der Waals surface area contributed by atoms with Crippen LogP contribution >= 0.6 is 0 Å². The fourth-order valence-corrected chi connectivity index (χ4v) is 1.44. The predicted molar refractivity (Wildman–Crippen MR) is 66.3 cm³/mol. The third-order valence-corrected chi connectivity index (χ3v) is 2.40. The zero-order chi connectivity index (χ0) is 13.5. The molecule has 2 amide bonds. The van der Waals surface area contributed by atoms with Crippen LogP contribution in [0.2, 0.25) is 0 Å². The molecule has 1 aromatic rings. The average molecular weight is 250 g/mol. The minimum Gasteiger partial charge on any atom is -0.368 e. The number of nitrogens with one attached hydrogen (secondary N) is 1. The third kappa shape index (κ3) is 4.01. The molecule has 5 heteroatoms. The summed E-state index contributed by atoms with van der Waals surface area (Å²) in [5.74, 6) is -1.66. The monoisotopic (exact) mass is 250 g/mol. The van der Waals surface area contributed by atoms with Gasteiger partial charge in [-0.15, -0.1) is 6.58 Å². The Morgan fingerprint density at radius 3 is 2.78 bits per heavy atom. The fourth-order valence-electron chi connectivity index (χ4n) is 1.44. The molecule has 0 aliphatic heterocycles. The molecule has 0 bridgehead atoms. The molecule has 0 fully saturated rings. The minimum absolute atomic E-state index is 0.153. The van der Waals surface area contributed by atoms with Crippen LogP contribution in [0.15, 0.2) is 36.9 Å². The van der Waals surface area contributed by atoms with Gasteiger partial charge in [0.05, 0.1) is 0 Å². The van der Waals surface area contributed by atoms with E-state index in [-0.39, 0.29) is 5.56 Å². The van der Waals surface area contributed by atoms with E-state index in [4.69, 9.17) is 5.73 Å². The molecular formula is C13H15FN2O2. The first kappa shape index (κ1) is 13.9. The lowest BCUT2D eigenvalue weighted by Gasteiger charge is -2.14. The number of hydrogen-bond acceptors (Lipinski definition) is 2. The molecule has 1 aromatic carbocycles. The molecule has 0 saturated heterocycles. The molecule has 0 radical (unpaired) electrons. The van der Waals surface area contributed by atoms with Crippen molar-refractivity contribution in [2.24, 2.45) is 5.73 Å². The molecule has 18 heavy (non-hydrogen) atoms. The van der Waals surface area contributed by atoms with Gasteiger partial charge < -0.3 is 11.1 Å². The summed E-state index contributed by atoms with van der Waals surface area (Å²) in [6.45, 7) is 3.53. The molecule has 4 nitrogen and oxygen atoms in total. The number of halogens is 1.